The molecule has 1 fully saturated rings. The Bertz CT molecular complexity index is 811. The lowest BCUT2D eigenvalue weighted by atomic mass is 9.95. The molecule has 140 valence electrons. The van der Waals surface area contributed by atoms with Crippen molar-refractivity contribution in [2.45, 2.75) is 71.4 Å². The molecule has 1 saturated carbocycles. The fraction of sp³-hybridized carbons (Fsp3) is 0.611. The minimum Gasteiger partial charge on any atom is -0.452 e. The molecule has 0 unspecified atom stereocenters. The van der Waals surface area contributed by atoms with Gasteiger partial charge in [-0.1, -0.05) is 19.3 Å². The first-order chi connectivity index (χ1) is 12.5. The number of aryl methyl sites for hydroxylation is 2. The zero-order chi connectivity index (χ0) is 18.7. The van der Waals surface area contributed by atoms with Crippen LogP contribution in [-0.2, 0) is 20.7 Å². The van der Waals surface area contributed by atoms with Crippen molar-refractivity contribution in [2.24, 2.45) is 0 Å². The van der Waals surface area contributed by atoms with Gasteiger partial charge >= 0.3 is 5.97 Å². The Morgan fingerprint density at radius 3 is 2.77 bits per heavy atom. The summed E-state index contributed by atoms with van der Waals surface area (Å²) in [6.45, 7) is 5.29. The largest absolute Gasteiger partial charge is 0.452 e. The van der Waals surface area contributed by atoms with Gasteiger partial charge in [0.25, 0.3) is 11.7 Å². The van der Waals surface area contributed by atoms with Crippen molar-refractivity contribution in [1.29, 1.82) is 0 Å². The van der Waals surface area contributed by atoms with E-state index in [0.717, 1.165) is 36.9 Å². The minimum atomic E-state index is -0.812. The van der Waals surface area contributed by atoms with Crippen LogP contribution in [0.25, 0.3) is 5.78 Å². The molecular weight excluding hydrogens is 334 g/mol. The van der Waals surface area contributed by atoms with Crippen molar-refractivity contribution in [1.82, 2.24) is 24.9 Å². The molecule has 8 heteroatoms. The Kier molecular flexibility index (Phi) is 5.49. The summed E-state index contributed by atoms with van der Waals surface area (Å²) in [5.74, 6) is -0.190. The van der Waals surface area contributed by atoms with Crippen LogP contribution < -0.4 is 5.32 Å². The van der Waals surface area contributed by atoms with E-state index in [1.807, 2.05) is 13.8 Å². The van der Waals surface area contributed by atoms with Gasteiger partial charge in [0.15, 0.2) is 6.10 Å². The maximum absolute atomic E-state index is 12.3. The average Bonchev–Trinajstić information content (AvgIpc) is 3.08. The molecule has 1 aliphatic carbocycles. The van der Waals surface area contributed by atoms with E-state index in [1.165, 1.54) is 12.7 Å². The van der Waals surface area contributed by atoms with E-state index in [0.29, 0.717) is 11.5 Å². The number of hydrogen-bond donors (Lipinski definition) is 1. The highest BCUT2D eigenvalue weighted by atomic mass is 16.5. The van der Waals surface area contributed by atoms with Crippen molar-refractivity contribution in [3.63, 3.8) is 0 Å². The number of carbonyl (C=O) groups excluding carboxylic acids is 2. The number of carbonyl (C=O) groups is 2. The number of amides is 1. The fourth-order valence-corrected chi connectivity index (χ4v) is 3.41. The normalized spacial score (nSPS) is 16.4. The van der Waals surface area contributed by atoms with Crippen LogP contribution in [-0.4, -0.2) is 43.6 Å². The lowest BCUT2D eigenvalue weighted by Gasteiger charge is -2.24. The highest BCUT2D eigenvalue weighted by Gasteiger charge is 2.23. The van der Waals surface area contributed by atoms with Crippen molar-refractivity contribution in [3.05, 3.63) is 23.3 Å². The van der Waals surface area contributed by atoms with Crippen molar-refractivity contribution in [2.75, 3.05) is 0 Å². The molecule has 0 spiro atoms. The van der Waals surface area contributed by atoms with Gasteiger partial charge in [-0.2, -0.15) is 10.1 Å². The number of nitrogens with zero attached hydrogens (tertiary/aromatic N) is 4. The van der Waals surface area contributed by atoms with Gasteiger partial charge < -0.3 is 10.1 Å². The lowest BCUT2D eigenvalue weighted by molar-refractivity contribution is -0.154. The first kappa shape index (κ1) is 18.3. The fourth-order valence-electron chi connectivity index (χ4n) is 3.41. The second-order valence-electron chi connectivity index (χ2n) is 6.89. The number of hydrogen-bond acceptors (Lipinski definition) is 6. The molecule has 2 aromatic rings. The summed E-state index contributed by atoms with van der Waals surface area (Å²) in [5.41, 5.74) is 2.24. The number of rotatable bonds is 5. The van der Waals surface area contributed by atoms with Crippen molar-refractivity contribution in [3.8, 4) is 0 Å². The Hall–Kier alpha value is -2.51. The Balaban J connectivity index is 1.60. The molecule has 3 rings (SSSR count). The quantitative estimate of drug-likeness (QED) is 0.815. The molecule has 1 amide bonds. The predicted molar refractivity (Wildman–Crippen MR) is 94.5 cm³/mol. The van der Waals surface area contributed by atoms with E-state index in [-0.39, 0.29) is 18.4 Å². The maximum atomic E-state index is 12.3. The molecular formula is C18H25N5O3. The Morgan fingerprint density at radius 2 is 2.04 bits per heavy atom. The number of ether oxygens (including phenoxy) is 1. The molecule has 1 N–H and O–H groups in total. The van der Waals surface area contributed by atoms with Gasteiger partial charge in [0.05, 0.1) is 6.42 Å². The summed E-state index contributed by atoms with van der Waals surface area (Å²) in [6, 6.07) is 0.195. The maximum Gasteiger partial charge on any atom is 0.311 e. The zero-order valence-electron chi connectivity index (χ0n) is 15.5. The van der Waals surface area contributed by atoms with Gasteiger partial charge in [-0.15, -0.1) is 0 Å². The van der Waals surface area contributed by atoms with E-state index in [2.05, 4.69) is 20.4 Å². The van der Waals surface area contributed by atoms with Crippen LogP contribution in [0.5, 0.6) is 0 Å². The van der Waals surface area contributed by atoms with Crippen molar-refractivity contribution < 1.29 is 14.3 Å². The first-order valence-corrected chi connectivity index (χ1v) is 9.11. The van der Waals surface area contributed by atoms with E-state index in [1.54, 1.807) is 11.4 Å². The summed E-state index contributed by atoms with van der Waals surface area (Å²) >= 11 is 0. The smallest absolute Gasteiger partial charge is 0.311 e. The van der Waals surface area contributed by atoms with E-state index < -0.39 is 12.1 Å². The SMILES string of the molecule is Cc1nc2ncnn2c(C)c1CC(=O)O[C@@H](C)C(=O)NC1CCCCC1. The first-order valence-electron chi connectivity index (χ1n) is 9.11. The number of aromatic nitrogens is 4. The van der Waals surface area contributed by atoms with E-state index >= 15 is 0 Å². The lowest BCUT2D eigenvalue weighted by Crippen LogP contribution is -2.43. The third kappa shape index (κ3) is 4.00. The second kappa shape index (κ2) is 7.80. The molecule has 0 saturated heterocycles. The topological polar surface area (TPSA) is 98.5 Å². The van der Waals surface area contributed by atoms with E-state index in [4.69, 9.17) is 4.74 Å². The van der Waals surface area contributed by atoms with Gasteiger partial charge in [-0.3, -0.25) is 9.59 Å². The van der Waals surface area contributed by atoms with Crippen LogP contribution in [0.3, 0.4) is 0 Å². The van der Waals surface area contributed by atoms with Gasteiger partial charge in [0, 0.05) is 23.0 Å². The van der Waals surface area contributed by atoms with Crippen molar-refractivity contribution >= 4 is 17.7 Å². The highest BCUT2D eigenvalue weighted by Crippen LogP contribution is 2.18. The van der Waals surface area contributed by atoms with Crippen LogP contribution in [0.1, 0.15) is 56.0 Å². The van der Waals surface area contributed by atoms with Crippen LogP contribution in [0.15, 0.2) is 6.33 Å². The third-order valence-electron chi connectivity index (χ3n) is 4.94. The predicted octanol–water partition coefficient (Wildman–Crippen LogP) is 1.66. The Labute approximate surface area is 152 Å². The molecule has 1 atom stereocenters. The number of esters is 1. The average molecular weight is 359 g/mol. The summed E-state index contributed by atoms with van der Waals surface area (Å²) in [5, 5.41) is 7.09. The van der Waals surface area contributed by atoms with Crippen LogP contribution in [0, 0.1) is 13.8 Å². The minimum absolute atomic E-state index is 0.0432. The van der Waals surface area contributed by atoms with Gasteiger partial charge in [0.2, 0.25) is 0 Å². The molecule has 1 aliphatic rings. The zero-order valence-corrected chi connectivity index (χ0v) is 15.5. The molecule has 2 heterocycles. The van der Waals surface area contributed by atoms with Crippen LogP contribution in [0.4, 0.5) is 0 Å². The summed E-state index contributed by atoms with van der Waals surface area (Å²) < 4.78 is 6.93. The number of nitrogens with one attached hydrogen (secondary N) is 1. The van der Waals surface area contributed by atoms with E-state index in [9.17, 15) is 9.59 Å². The summed E-state index contributed by atoms with van der Waals surface area (Å²) in [4.78, 5) is 33.0. The van der Waals surface area contributed by atoms with Gasteiger partial charge in [0.1, 0.15) is 6.33 Å². The second-order valence-corrected chi connectivity index (χ2v) is 6.89. The molecule has 2 aromatic heterocycles. The highest BCUT2D eigenvalue weighted by molar-refractivity contribution is 5.84. The summed E-state index contributed by atoms with van der Waals surface area (Å²) in [6.07, 6.45) is 6.14. The monoisotopic (exact) mass is 359 g/mol. The third-order valence-corrected chi connectivity index (χ3v) is 4.94. The van der Waals surface area contributed by atoms with Gasteiger partial charge in [-0.25, -0.2) is 9.50 Å². The molecule has 0 aromatic carbocycles. The molecule has 8 nitrogen and oxygen atoms in total. The summed E-state index contributed by atoms with van der Waals surface area (Å²) in [7, 11) is 0. The van der Waals surface area contributed by atoms with Gasteiger partial charge in [-0.05, 0) is 33.6 Å². The molecule has 0 bridgehead atoms. The van der Waals surface area contributed by atoms with Crippen LogP contribution in [0.2, 0.25) is 0 Å². The number of fused-ring (bicyclic) bond motifs is 1. The molecule has 26 heavy (non-hydrogen) atoms. The molecule has 0 aliphatic heterocycles. The molecule has 0 radical (unpaired) electrons. The Morgan fingerprint density at radius 1 is 1.31 bits per heavy atom. The van der Waals surface area contributed by atoms with Crippen LogP contribution >= 0.6 is 0 Å². The standard InChI is InChI=1S/C18H25N5O3/c1-11-15(12(2)23-18(21-11)19-10-20-23)9-16(24)26-13(3)17(25)22-14-7-5-4-6-8-14/h10,13-14H,4-9H2,1-3H3,(H,22,25)/t13-/m0/s1.